The summed E-state index contributed by atoms with van der Waals surface area (Å²) in [5.74, 6) is 1.63. The van der Waals surface area contributed by atoms with Gasteiger partial charge in [0.25, 0.3) is 5.89 Å². The number of hydrogen-bond acceptors (Lipinski definition) is 5. The van der Waals surface area contributed by atoms with Crippen molar-refractivity contribution in [2.75, 3.05) is 11.9 Å². The lowest BCUT2D eigenvalue weighted by Gasteiger charge is -2.19. The van der Waals surface area contributed by atoms with Gasteiger partial charge in [-0.2, -0.15) is 4.98 Å². The topological polar surface area (TPSA) is 79.6 Å². The summed E-state index contributed by atoms with van der Waals surface area (Å²) in [6.45, 7) is 1.01. The average Bonchev–Trinajstić information content (AvgIpc) is 3.17. The molecule has 0 aliphatic carbocycles. The molecule has 4 rings (SSSR count). The first-order valence-electron chi connectivity index (χ1n) is 6.61. The van der Waals surface area contributed by atoms with Crippen molar-refractivity contribution in [1.82, 2.24) is 20.1 Å². The SMILES string of the molecule is c1cc2c(c(-c3nc(-c4ncc[nH]4)no3)c1)CCCN2. The van der Waals surface area contributed by atoms with Crippen LogP contribution >= 0.6 is 0 Å². The number of imidazole rings is 1. The van der Waals surface area contributed by atoms with Gasteiger partial charge in [0.1, 0.15) is 0 Å². The van der Waals surface area contributed by atoms with Crippen molar-refractivity contribution in [2.45, 2.75) is 12.8 Å². The smallest absolute Gasteiger partial charge is 0.258 e. The third kappa shape index (κ3) is 1.77. The summed E-state index contributed by atoms with van der Waals surface area (Å²) in [7, 11) is 0. The quantitative estimate of drug-likeness (QED) is 0.745. The van der Waals surface area contributed by atoms with Crippen LogP contribution in [0.15, 0.2) is 35.1 Å². The van der Waals surface area contributed by atoms with Gasteiger partial charge in [-0.05, 0) is 30.5 Å². The van der Waals surface area contributed by atoms with Gasteiger partial charge >= 0.3 is 0 Å². The summed E-state index contributed by atoms with van der Waals surface area (Å²) in [6, 6.07) is 6.11. The number of aromatic nitrogens is 4. The molecular formula is C14H13N5O. The fourth-order valence-corrected chi connectivity index (χ4v) is 2.53. The van der Waals surface area contributed by atoms with Crippen LogP contribution < -0.4 is 5.32 Å². The molecule has 0 amide bonds. The van der Waals surface area contributed by atoms with Gasteiger partial charge in [-0.1, -0.05) is 11.2 Å². The van der Waals surface area contributed by atoms with Crippen molar-refractivity contribution in [3.8, 4) is 23.1 Å². The average molecular weight is 267 g/mol. The van der Waals surface area contributed by atoms with Gasteiger partial charge in [0, 0.05) is 30.2 Å². The van der Waals surface area contributed by atoms with Gasteiger partial charge in [-0.3, -0.25) is 0 Å². The van der Waals surface area contributed by atoms with Gasteiger partial charge in [-0.15, -0.1) is 0 Å². The van der Waals surface area contributed by atoms with Gasteiger partial charge in [-0.25, -0.2) is 4.98 Å². The van der Waals surface area contributed by atoms with E-state index in [0.717, 1.165) is 30.6 Å². The highest BCUT2D eigenvalue weighted by atomic mass is 16.5. The zero-order valence-corrected chi connectivity index (χ0v) is 10.8. The fraction of sp³-hybridized carbons (Fsp3) is 0.214. The minimum absolute atomic E-state index is 0.478. The Bertz CT molecular complexity index is 732. The highest BCUT2D eigenvalue weighted by molar-refractivity contribution is 5.70. The predicted octanol–water partition coefficient (Wildman–Crippen LogP) is 2.48. The number of rotatable bonds is 2. The number of anilines is 1. The number of aromatic amines is 1. The fourth-order valence-electron chi connectivity index (χ4n) is 2.53. The Morgan fingerprint density at radius 2 is 2.25 bits per heavy atom. The molecule has 100 valence electrons. The molecule has 0 atom stereocenters. The van der Waals surface area contributed by atoms with E-state index < -0.39 is 0 Å². The molecule has 0 radical (unpaired) electrons. The highest BCUT2D eigenvalue weighted by Crippen LogP contribution is 2.32. The number of hydrogen-bond donors (Lipinski definition) is 2. The van der Waals surface area contributed by atoms with Crippen LogP contribution in [-0.2, 0) is 6.42 Å². The molecule has 0 fully saturated rings. The van der Waals surface area contributed by atoms with Gasteiger partial charge in [0.15, 0.2) is 5.82 Å². The Morgan fingerprint density at radius 3 is 3.15 bits per heavy atom. The first-order valence-corrected chi connectivity index (χ1v) is 6.61. The second-order valence-corrected chi connectivity index (χ2v) is 4.72. The van der Waals surface area contributed by atoms with Crippen LogP contribution in [0.25, 0.3) is 23.1 Å². The van der Waals surface area contributed by atoms with E-state index in [1.54, 1.807) is 12.4 Å². The molecule has 0 spiro atoms. The Balaban J connectivity index is 1.78. The Hall–Kier alpha value is -2.63. The first-order chi connectivity index (χ1) is 9.92. The van der Waals surface area contributed by atoms with E-state index in [-0.39, 0.29) is 0 Å². The maximum atomic E-state index is 5.39. The molecule has 0 bridgehead atoms. The minimum atomic E-state index is 0.478. The van der Waals surface area contributed by atoms with Gasteiger partial charge in [0.05, 0.1) is 0 Å². The van der Waals surface area contributed by atoms with Crippen LogP contribution in [0.2, 0.25) is 0 Å². The van der Waals surface area contributed by atoms with Crippen molar-refractivity contribution in [1.29, 1.82) is 0 Å². The van der Waals surface area contributed by atoms with Gasteiger partial charge in [0.2, 0.25) is 5.82 Å². The van der Waals surface area contributed by atoms with Crippen LogP contribution in [0.1, 0.15) is 12.0 Å². The largest absolute Gasteiger partial charge is 0.385 e. The summed E-state index contributed by atoms with van der Waals surface area (Å²) in [6.07, 6.45) is 5.54. The highest BCUT2D eigenvalue weighted by Gasteiger charge is 2.18. The first kappa shape index (κ1) is 11.2. The number of fused-ring (bicyclic) bond motifs is 1. The molecule has 6 nitrogen and oxygen atoms in total. The van der Waals surface area contributed by atoms with Crippen molar-refractivity contribution in [3.63, 3.8) is 0 Å². The van der Waals surface area contributed by atoms with E-state index in [4.69, 9.17) is 4.52 Å². The van der Waals surface area contributed by atoms with Gasteiger partial charge < -0.3 is 14.8 Å². The zero-order valence-electron chi connectivity index (χ0n) is 10.8. The molecule has 3 heterocycles. The molecule has 1 aromatic carbocycles. The van der Waals surface area contributed by atoms with Crippen LogP contribution in [0, 0.1) is 0 Å². The summed E-state index contributed by atoms with van der Waals surface area (Å²) < 4.78 is 5.39. The molecule has 1 aliphatic heterocycles. The number of H-pyrrole nitrogens is 1. The van der Waals surface area contributed by atoms with E-state index in [2.05, 4.69) is 31.5 Å². The molecule has 0 unspecified atom stereocenters. The van der Waals surface area contributed by atoms with E-state index in [9.17, 15) is 0 Å². The van der Waals surface area contributed by atoms with E-state index in [0.29, 0.717) is 17.5 Å². The van der Waals surface area contributed by atoms with Crippen LogP contribution in [-0.4, -0.2) is 26.7 Å². The second kappa shape index (κ2) is 4.48. The van der Waals surface area contributed by atoms with E-state index in [1.807, 2.05) is 12.1 Å². The second-order valence-electron chi connectivity index (χ2n) is 4.72. The van der Waals surface area contributed by atoms with E-state index in [1.165, 1.54) is 5.56 Å². The van der Waals surface area contributed by atoms with Crippen LogP contribution in [0.4, 0.5) is 5.69 Å². The molecule has 2 aromatic heterocycles. The number of nitrogens with one attached hydrogen (secondary N) is 2. The zero-order chi connectivity index (χ0) is 13.4. The van der Waals surface area contributed by atoms with Crippen molar-refractivity contribution in [3.05, 3.63) is 36.2 Å². The maximum absolute atomic E-state index is 5.39. The molecule has 20 heavy (non-hydrogen) atoms. The lowest BCUT2D eigenvalue weighted by Crippen LogP contribution is -2.12. The third-order valence-corrected chi connectivity index (χ3v) is 3.46. The Kier molecular flexibility index (Phi) is 2.51. The van der Waals surface area contributed by atoms with Crippen molar-refractivity contribution in [2.24, 2.45) is 0 Å². The number of benzene rings is 1. The Morgan fingerprint density at radius 1 is 1.25 bits per heavy atom. The molecule has 1 aliphatic rings. The summed E-state index contributed by atoms with van der Waals surface area (Å²) in [5.41, 5.74) is 3.40. The maximum Gasteiger partial charge on any atom is 0.258 e. The number of nitrogens with zero attached hydrogens (tertiary/aromatic N) is 3. The van der Waals surface area contributed by atoms with Crippen molar-refractivity contribution >= 4 is 5.69 Å². The lowest BCUT2D eigenvalue weighted by molar-refractivity contribution is 0.431. The lowest BCUT2D eigenvalue weighted by atomic mass is 9.97. The molecule has 2 N–H and O–H groups in total. The molecule has 0 saturated carbocycles. The Labute approximate surface area is 115 Å². The standard InChI is InChI=1S/C14H13N5O/c1-3-10(9-4-2-6-15-11(9)5-1)14-18-13(19-20-14)12-16-7-8-17-12/h1,3,5,7-8,15H,2,4,6H2,(H,16,17). The molecule has 3 aromatic rings. The van der Waals surface area contributed by atoms with Crippen molar-refractivity contribution < 1.29 is 4.52 Å². The summed E-state index contributed by atoms with van der Waals surface area (Å²) in [4.78, 5) is 11.5. The van der Waals surface area contributed by atoms with Crippen LogP contribution in [0.3, 0.4) is 0 Å². The van der Waals surface area contributed by atoms with Crippen LogP contribution in [0.5, 0.6) is 0 Å². The molecule has 0 saturated heterocycles. The molecular weight excluding hydrogens is 254 g/mol. The molecule has 6 heteroatoms. The predicted molar refractivity (Wildman–Crippen MR) is 74.1 cm³/mol. The minimum Gasteiger partial charge on any atom is -0.385 e. The summed E-state index contributed by atoms with van der Waals surface area (Å²) in [5, 5.41) is 7.38. The monoisotopic (exact) mass is 267 g/mol. The third-order valence-electron chi connectivity index (χ3n) is 3.46. The van der Waals surface area contributed by atoms with E-state index >= 15 is 0 Å². The summed E-state index contributed by atoms with van der Waals surface area (Å²) >= 11 is 0. The normalized spacial score (nSPS) is 13.8.